The highest BCUT2D eigenvalue weighted by molar-refractivity contribution is 4.74. The maximum absolute atomic E-state index is 3.69. The van der Waals surface area contributed by atoms with E-state index in [1.165, 1.54) is 84.1 Å². The van der Waals surface area contributed by atoms with Crippen LogP contribution in [0.2, 0.25) is 0 Å². The van der Waals surface area contributed by atoms with E-state index in [2.05, 4.69) is 31.0 Å². The molecule has 1 saturated carbocycles. The molecular weight excluding hydrogens is 244 g/mol. The van der Waals surface area contributed by atoms with Crippen molar-refractivity contribution in [2.24, 2.45) is 11.8 Å². The van der Waals surface area contributed by atoms with Gasteiger partial charge >= 0.3 is 0 Å². The van der Waals surface area contributed by atoms with Gasteiger partial charge in [-0.2, -0.15) is 0 Å². The summed E-state index contributed by atoms with van der Waals surface area (Å²) in [5.41, 5.74) is 0. The van der Waals surface area contributed by atoms with Crippen LogP contribution in [-0.2, 0) is 0 Å². The molecule has 1 rings (SSSR count). The highest BCUT2D eigenvalue weighted by atomic mass is 15.1. The van der Waals surface area contributed by atoms with Crippen LogP contribution in [0.4, 0.5) is 0 Å². The second-order valence-corrected chi connectivity index (χ2v) is 6.61. The predicted octanol–water partition coefficient (Wildman–Crippen LogP) is 4.30. The maximum Gasteiger partial charge on any atom is -0.000687 e. The molecule has 1 N–H and O–H groups in total. The van der Waals surface area contributed by atoms with Crippen LogP contribution in [0.25, 0.3) is 0 Å². The Morgan fingerprint density at radius 2 is 1.55 bits per heavy atom. The zero-order valence-corrected chi connectivity index (χ0v) is 14.3. The summed E-state index contributed by atoms with van der Waals surface area (Å²) in [5, 5.41) is 3.69. The van der Waals surface area contributed by atoms with Gasteiger partial charge in [0.15, 0.2) is 0 Å². The van der Waals surface area contributed by atoms with Gasteiger partial charge in [-0.25, -0.2) is 0 Å². The molecule has 0 aromatic rings. The third-order valence-electron chi connectivity index (χ3n) is 5.09. The fourth-order valence-corrected chi connectivity index (χ4v) is 3.49. The average Bonchev–Trinajstić information content (AvgIpc) is 2.50. The van der Waals surface area contributed by atoms with Crippen molar-refractivity contribution in [2.75, 3.05) is 32.7 Å². The molecular formula is C18H38N2. The van der Waals surface area contributed by atoms with Gasteiger partial charge in [-0.05, 0) is 63.8 Å². The predicted molar refractivity (Wildman–Crippen MR) is 90.2 cm³/mol. The molecule has 1 fully saturated rings. The van der Waals surface area contributed by atoms with Crippen LogP contribution in [0.5, 0.6) is 0 Å². The van der Waals surface area contributed by atoms with Crippen molar-refractivity contribution in [1.82, 2.24) is 10.2 Å². The number of nitrogens with zero attached hydrogens (tertiary/aromatic N) is 1. The van der Waals surface area contributed by atoms with E-state index < -0.39 is 0 Å². The van der Waals surface area contributed by atoms with Gasteiger partial charge in [-0.3, -0.25) is 0 Å². The van der Waals surface area contributed by atoms with Crippen LogP contribution in [0.3, 0.4) is 0 Å². The SMILES string of the molecule is CCCCC1CCC(CNCCCN(CC)CC)CC1. The molecule has 1 aliphatic carbocycles. The standard InChI is InChI=1S/C18H38N2/c1-4-7-9-17-10-12-18(13-11-17)16-19-14-8-15-20(5-2)6-3/h17-19H,4-16H2,1-3H3. The monoisotopic (exact) mass is 282 g/mol. The number of nitrogens with one attached hydrogen (secondary N) is 1. The summed E-state index contributed by atoms with van der Waals surface area (Å²) in [6, 6.07) is 0. The molecule has 2 heteroatoms. The van der Waals surface area contributed by atoms with Gasteiger partial charge in [0.25, 0.3) is 0 Å². The Balaban J connectivity index is 1.96. The topological polar surface area (TPSA) is 15.3 Å². The van der Waals surface area contributed by atoms with E-state index in [9.17, 15) is 0 Å². The number of unbranched alkanes of at least 4 members (excludes halogenated alkanes) is 1. The lowest BCUT2D eigenvalue weighted by atomic mass is 9.80. The van der Waals surface area contributed by atoms with Gasteiger partial charge < -0.3 is 10.2 Å². The highest BCUT2D eigenvalue weighted by Gasteiger charge is 2.20. The van der Waals surface area contributed by atoms with Crippen molar-refractivity contribution in [1.29, 1.82) is 0 Å². The normalized spacial score (nSPS) is 23.4. The first-order chi connectivity index (χ1) is 9.80. The third kappa shape index (κ3) is 7.64. The number of rotatable bonds is 11. The molecule has 0 aliphatic heterocycles. The number of hydrogen-bond acceptors (Lipinski definition) is 2. The van der Waals surface area contributed by atoms with Crippen LogP contribution in [0, 0.1) is 11.8 Å². The minimum Gasteiger partial charge on any atom is -0.316 e. The molecule has 0 radical (unpaired) electrons. The van der Waals surface area contributed by atoms with Gasteiger partial charge in [-0.15, -0.1) is 0 Å². The van der Waals surface area contributed by atoms with Gasteiger partial charge in [0, 0.05) is 0 Å². The maximum atomic E-state index is 3.69. The molecule has 2 nitrogen and oxygen atoms in total. The van der Waals surface area contributed by atoms with Crippen molar-refractivity contribution >= 4 is 0 Å². The third-order valence-corrected chi connectivity index (χ3v) is 5.09. The van der Waals surface area contributed by atoms with E-state index in [1.54, 1.807) is 0 Å². The Hall–Kier alpha value is -0.0800. The lowest BCUT2D eigenvalue weighted by Crippen LogP contribution is -2.30. The zero-order valence-electron chi connectivity index (χ0n) is 14.3. The number of hydrogen-bond donors (Lipinski definition) is 1. The first kappa shape index (κ1) is 18.0. The van der Waals surface area contributed by atoms with Gasteiger partial charge in [0.05, 0.1) is 0 Å². The van der Waals surface area contributed by atoms with E-state index in [0.29, 0.717) is 0 Å². The molecule has 0 bridgehead atoms. The molecule has 0 amide bonds. The van der Waals surface area contributed by atoms with Crippen LogP contribution < -0.4 is 5.32 Å². The second-order valence-electron chi connectivity index (χ2n) is 6.61. The molecule has 0 atom stereocenters. The lowest BCUT2D eigenvalue weighted by molar-refractivity contribution is 0.251. The van der Waals surface area contributed by atoms with E-state index in [4.69, 9.17) is 0 Å². The molecule has 0 saturated heterocycles. The largest absolute Gasteiger partial charge is 0.316 e. The summed E-state index contributed by atoms with van der Waals surface area (Å²) < 4.78 is 0. The Morgan fingerprint density at radius 3 is 2.15 bits per heavy atom. The van der Waals surface area contributed by atoms with Crippen molar-refractivity contribution in [3.05, 3.63) is 0 Å². The van der Waals surface area contributed by atoms with Gasteiger partial charge in [0.2, 0.25) is 0 Å². The smallest absolute Gasteiger partial charge is 0.000687 e. The minimum absolute atomic E-state index is 0.960. The molecule has 20 heavy (non-hydrogen) atoms. The van der Waals surface area contributed by atoms with Crippen LogP contribution in [0.1, 0.15) is 72.1 Å². The van der Waals surface area contributed by atoms with E-state index in [1.807, 2.05) is 0 Å². The Kier molecular flexibility index (Phi) is 10.4. The summed E-state index contributed by atoms with van der Waals surface area (Å²) in [6.45, 7) is 12.9. The van der Waals surface area contributed by atoms with Crippen molar-refractivity contribution < 1.29 is 0 Å². The summed E-state index contributed by atoms with van der Waals surface area (Å²) in [4.78, 5) is 2.51. The van der Waals surface area contributed by atoms with Gasteiger partial charge in [0.1, 0.15) is 0 Å². The first-order valence-corrected chi connectivity index (χ1v) is 9.23. The van der Waals surface area contributed by atoms with Crippen LogP contribution in [-0.4, -0.2) is 37.6 Å². The molecule has 0 heterocycles. The molecule has 1 aliphatic rings. The summed E-state index contributed by atoms with van der Waals surface area (Å²) >= 11 is 0. The molecule has 0 aromatic heterocycles. The lowest BCUT2D eigenvalue weighted by Gasteiger charge is -2.28. The van der Waals surface area contributed by atoms with Crippen LogP contribution in [0.15, 0.2) is 0 Å². The average molecular weight is 283 g/mol. The quantitative estimate of drug-likeness (QED) is 0.568. The van der Waals surface area contributed by atoms with Crippen molar-refractivity contribution in [3.63, 3.8) is 0 Å². The van der Waals surface area contributed by atoms with Crippen molar-refractivity contribution in [2.45, 2.75) is 72.1 Å². The highest BCUT2D eigenvalue weighted by Crippen LogP contribution is 2.31. The van der Waals surface area contributed by atoms with E-state index in [-0.39, 0.29) is 0 Å². The first-order valence-electron chi connectivity index (χ1n) is 9.23. The Labute approximate surface area is 127 Å². The summed E-state index contributed by atoms with van der Waals surface area (Å²) in [7, 11) is 0. The molecule has 120 valence electrons. The van der Waals surface area contributed by atoms with Crippen LogP contribution >= 0.6 is 0 Å². The second kappa shape index (κ2) is 11.6. The Bertz CT molecular complexity index is 205. The summed E-state index contributed by atoms with van der Waals surface area (Å²) in [6.07, 6.45) is 11.5. The van der Waals surface area contributed by atoms with Gasteiger partial charge in [-0.1, -0.05) is 52.9 Å². The fourth-order valence-electron chi connectivity index (χ4n) is 3.49. The Morgan fingerprint density at radius 1 is 0.900 bits per heavy atom. The molecule has 0 spiro atoms. The summed E-state index contributed by atoms with van der Waals surface area (Å²) in [5.74, 6) is 2.01. The fraction of sp³-hybridized carbons (Fsp3) is 1.00. The minimum atomic E-state index is 0.960. The zero-order chi connectivity index (χ0) is 14.6. The molecule has 0 aromatic carbocycles. The van der Waals surface area contributed by atoms with E-state index >= 15 is 0 Å². The molecule has 0 unspecified atom stereocenters. The van der Waals surface area contributed by atoms with E-state index in [0.717, 1.165) is 11.8 Å². The van der Waals surface area contributed by atoms with Crippen molar-refractivity contribution in [3.8, 4) is 0 Å².